The number of nitrogens with one attached hydrogen (secondary N) is 1. The zero-order valence-corrected chi connectivity index (χ0v) is 17.8. The van der Waals surface area contributed by atoms with Gasteiger partial charge in [-0.2, -0.15) is 13.2 Å². The number of anilines is 1. The minimum atomic E-state index is -4.67. The second-order valence-corrected chi connectivity index (χ2v) is 7.25. The van der Waals surface area contributed by atoms with E-state index < -0.39 is 23.6 Å². The predicted octanol–water partition coefficient (Wildman–Crippen LogP) is 2.90. The molecule has 2 heterocycles. The molecule has 9 nitrogen and oxygen atoms in total. The summed E-state index contributed by atoms with van der Waals surface area (Å²) >= 11 is 0. The second kappa shape index (κ2) is 9.14. The van der Waals surface area contributed by atoms with Gasteiger partial charge in [0.1, 0.15) is 11.4 Å². The number of methoxy groups -OCH3 is 1. The van der Waals surface area contributed by atoms with E-state index in [1.54, 1.807) is 6.07 Å². The van der Waals surface area contributed by atoms with Crippen molar-refractivity contribution in [2.45, 2.75) is 6.18 Å². The fourth-order valence-corrected chi connectivity index (χ4v) is 3.44. The van der Waals surface area contributed by atoms with Crippen LogP contribution >= 0.6 is 0 Å². The molecule has 0 saturated carbocycles. The highest BCUT2D eigenvalue weighted by atomic mass is 19.4. The quantitative estimate of drug-likeness (QED) is 0.583. The number of amides is 1. The fraction of sp³-hybridized carbons (Fsp3) is 0.273. The van der Waals surface area contributed by atoms with Crippen molar-refractivity contribution in [1.29, 1.82) is 0 Å². The number of fused-ring (bicyclic) bond motifs is 1. The lowest BCUT2D eigenvalue weighted by Gasteiger charge is -2.18. The van der Waals surface area contributed by atoms with Crippen LogP contribution in [-0.2, 0) is 20.5 Å². The maximum Gasteiger partial charge on any atom is 0.416 e. The summed E-state index contributed by atoms with van der Waals surface area (Å²) in [4.78, 5) is 26.2. The number of aliphatic hydroxyl groups is 1. The van der Waals surface area contributed by atoms with Gasteiger partial charge in [0, 0.05) is 12.6 Å². The lowest BCUT2D eigenvalue weighted by molar-refractivity contribution is -0.138. The van der Waals surface area contributed by atoms with E-state index >= 15 is 0 Å². The molecule has 1 amide bonds. The van der Waals surface area contributed by atoms with Crippen molar-refractivity contribution in [3.05, 3.63) is 53.2 Å². The molecule has 34 heavy (non-hydrogen) atoms. The minimum absolute atomic E-state index is 0.0305. The molecule has 0 saturated heterocycles. The number of hydrogen-bond acceptors (Lipinski definition) is 8. The first kappa shape index (κ1) is 23.2. The molecule has 0 aliphatic carbocycles. The first-order valence-corrected chi connectivity index (χ1v) is 9.98. The Bertz CT molecular complexity index is 1160. The van der Waals surface area contributed by atoms with E-state index in [1.165, 1.54) is 17.0 Å². The van der Waals surface area contributed by atoms with Crippen LogP contribution < -0.4 is 19.5 Å². The third-order valence-electron chi connectivity index (χ3n) is 5.09. The van der Waals surface area contributed by atoms with Crippen LogP contribution in [-0.4, -0.2) is 55.5 Å². The molecule has 0 fully saturated rings. The SMILES string of the molecule is COC(=O)C1=C(Nc2cc(C(F)(F)F)ccc2Oc2ccc3c(c2)OCO3)C(=O)N(CCO)C1. The van der Waals surface area contributed by atoms with Crippen LogP contribution in [0.2, 0.25) is 0 Å². The molecule has 0 spiro atoms. The van der Waals surface area contributed by atoms with E-state index in [4.69, 9.17) is 18.9 Å². The Kier molecular flexibility index (Phi) is 6.24. The molecule has 12 heteroatoms. The largest absolute Gasteiger partial charge is 0.466 e. The Morgan fingerprint density at radius 2 is 1.94 bits per heavy atom. The average Bonchev–Trinajstić information content (AvgIpc) is 3.39. The van der Waals surface area contributed by atoms with Gasteiger partial charge in [0.25, 0.3) is 5.91 Å². The maximum absolute atomic E-state index is 13.4. The first-order valence-electron chi connectivity index (χ1n) is 9.98. The van der Waals surface area contributed by atoms with Crippen molar-refractivity contribution in [3.8, 4) is 23.0 Å². The molecule has 0 unspecified atom stereocenters. The van der Waals surface area contributed by atoms with Crippen molar-refractivity contribution in [3.63, 3.8) is 0 Å². The summed E-state index contributed by atoms with van der Waals surface area (Å²) in [6.07, 6.45) is -4.67. The normalized spacial score (nSPS) is 15.1. The standard InChI is InChI=1S/C22H19F3N2O7/c1-31-21(30)14-10-27(6-7-28)20(29)19(14)26-15-8-12(22(23,24)25)2-4-16(15)34-13-3-5-17-18(9-13)33-11-32-17/h2-5,8-9,26,28H,6-7,10-11H2,1H3. The molecule has 0 radical (unpaired) electrons. The van der Waals surface area contributed by atoms with E-state index in [2.05, 4.69) is 5.32 Å². The molecule has 2 N–H and O–H groups in total. The highest BCUT2D eigenvalue weighted by Gasteiger charge is 2.36. The average molecular weight is 480 g/mol. The lowest BCUT2D eigenvalue weighted by atomic mass is 10.1. The summed E-state index contributed by atoms with van der Waals surface area (Å²) in [6.45, 7) is -0.586. The van der Waals surface area contributed by atoms with Gasteiger partial charge in [-0.3, -0.25) is 4.79 Å². The number of carbonyl (C=O) groups excluding carboxylic acids is 2. The van der Waals surface area contributed by atoms with E-state index in [-0.39, 0.29) is 54.9 Å². The number of ether oxygens (including phenoxy) is 4. The molecule has 0 bridgehead atoms. The molecular formula is C22H19F3N2O7. The van der Waals surface area contributed by atoms with Gasteiger partial charge in [0.15, 0.2) is 17.2 Å². The molecule has 2 aromatic carbocycles. The third kappa shape index (κ3) is 4.57. The van der Waals surface area contributed by atoms with Gasteiger partial charge < -0.3 is 34.3 Å². The monoisotopic (exact) mass is 480 g/mol. The number of β-amino-alcohol motifs (C(OH)–C–C–N with tert-alkyl or cyclic N) is 1. The summed E-state index contributed by atoms with van der Waals surface area (Å²) in [7, 11) is 1.12. The van der Waals surface area contributed by atoms with Gasteiger partial charge in [0.2, 0.25) is 6.79 Å². The van der Waals surface area contributed by atoms with Crippen LogP contribution in [0.15, 0.2) is 47.7 Å². The lowest BCUT2D eigenvalue weighted by Crippen LogP contribution is -2.31. The molecule has 0 atom stereocenters. The zero-order valence-electron chi connectivity index (χ0n) is 17.8. The molecule has 2 aliphatic heterocycles. The number of benzene rings is 2. The fourth-order valence-electron chi connectivity index (χ4n) is 3.44. The van der Waals surface area contributed by atoms with Crippen molar-refractivity contribution >= 4 is 17.6 Å². The highest BCUT2D eigenvalue weighted by Crippen LogP contribution is 2.41. The van der Waals surface area contributed by atoms with Gasteiger partial charge in [-0.1, -0.05) is 0 Å². The van der Waals surface area contributed by atoms with Gasteiger partial charge in [-0.05, 0) is 30.3 Å². The molecule has 0 aromatic heterocycles. The number of carbonyl (C=O) groups is 2. The second-order valence-electron chi connectivity index (χ2n) is 7.25. The van der Waals surface area contributed by atoms with Crippen molar-refractivity contribution in [1.82, 2.24) is 4.90 Å². The summed E-state index contributed by atoms with van der Waals surface area (Å²) in [6, 6.07) is 7.33. The van der Waals surface area contributed by atoms with Gasteiger partial charge >= 0.3 is 12.1 Å². The predicted molar refractivity (Wildman–Crippen MR) is 110 cm³/mol. The number of alkyl halides is 3. The Morgan fingerprint density at radius 1 is 1.18 bits per heavy atom. The van der Waals surface area contributed by atoms with Crippen molar-refractivity contribution in [2.24, 2.45) is 0 Å². The van der Waals surface area contributed by atoms with Crippen molar-refractivity contribution < 1.29 is 46.8 Å². The summed E-state index contributed by atoms with van der Waals surface area (Å²) in [5.74, 6) is -0.417. The number of hydrogen-bond donors (Lipinski definition) is 2. The van der Waals surface area contributed by atoms with Crippen LogP contribution in [0, 0.1) is 0 Å². The smallest absolute Gasteiger partial charge is 0.416 e. The first-order chi connectivity index (χ1) is 16.2. The number of aliphatic hydroxyl groups excluding tert-OH is 1. The molecule has 2 aromatic rings. The zero-order chi connectivity index (χ0) is 24.5. The summed E-state index contributed by atoms with van der Waals surface area (Å²) < 4.78 is 61.2. The van der Waals surface area contributed by atoms with Crippen molar-refractivity contribution in [2.75, 3.05) is 38.9 Å². The van der Waals surface area contributed by atoms with E-state index in [0.29, 0.717) is 11.5 Å². The van der Waals surface area contributed by atoms with Crippen LogP contribution in [0.1, 0.15) is 5.56 Å². The third-order valence-corrected chi connectivity index (χ3v) is 5.09. The number of halogens is 3. The number of esters is 1. The van der Waals surface area contributed by atoms with Crippen LogP contribution in [0.4, 0.5) is 18.9 Å². The Morgan fingerprint density at radius 3 is 2.65 bits per heavy atom. The molecule has 2 aliphatic rings. The number of rotatable bonds is 7. The maximum atomic E-state index is 13.4. The molecule has 4 rings (SSSR count). The molecule has 180 valence electrons. The topological polar surface area (TPSA) is 107 Å². The number of nitrogens with zero attached hydrogens (tertiary/aromatic N) is 1. The van der Waals surface area contributed by atoms with Crippen LogP contribution in [0.3, 0.4) is 0 Å². The minimum Gasteiger partial charge on any atom is -0.466 e. The van der Waals surface area contributed by atoms with E-state index in [0.717, 1.165) is 25.3 Å². The molecular weight excluding hydrogens is 461 g/mol. The van der Waals surface area contributed by atoms with E-state index in [1.807, 2.05) is 0 Å². The van der Waals surface area contributed by atoms with Gasteiger partial charge in [-0.15, -0.1) is 0 Å². The highest BCUT2D eigenvalue weighted by molar-refractivity contribution is 6.08. The Balaban J connectivity index is 1.72. The van der Waals surface area contributed by atoms with Gasteiger partial charge in [0.05, 0.1) is 37.1 Å². The van der Waals surface area contributed by atoms with Crippen LogP contribution in [0.25, 0.3) is 0 Å². The van der Waals surface area contributed by atoms with E-state index in [9.17, 15) is 27.9 Å². The summed E-state index contributed by atoms with van der Waals surface area (Å²) in [5.41, 5.74) is -1.56. The Hall–Kier alpha value is -3.93. The van der Waals surface area contributed by atoms with Gasteiger partial charge in [-0.25, -0.2) is 4.79 Å². The van der Waals surface area contributed by atoms with Crippen LogP contribution in [0.5, 0.6) is 23.0 Å². The Labute approximate surface area is 191 Å². The summed E-state index contributed by atoms with van der Waals surface area (Å²) in [5, 5.41) is 11.8.